The molecule has 1 nitrogen and oxygen atoms in total. The largest absolute Gasteiger partial charge is 0.306 e. The second kappa shape index (κ2) is 4.80. The minimum atomic E-state index is 0.594. The van der Waals surface area contributed by atoms with Crippen LogP contribution >= 0.6 is 0 Å². The lowest BCUT2D eigenvalue weighted by atomic mass is 9.98. The van der Waals surface area contributed by atoms with Gasteiger partial charge in [0.15, 0.2) is 0 Å². The van der Waals surface area contributed by atoms with Gasteiger partial charge in [-0.15, -0.1) is 0 Å². The predicted octanol–water partition coefficient (Wildman–Crippen LogP) is 3.16. The lowest BCUT2D eigenvalue weighted by Gasteiger charge is -2.21. The molecule has 2 aliphatic rings. The SMILES string of the molecule is CC1C=CC2=C(C=C1)CCN(C)CCC2. The third kappa shape index (κ3) is 2.82. The van der Waals surface area contributed by atoms with E-state index in [1.54, 1.807) is 11.1 Å². The zero-order valence-electron chi connectivity index (χ0n) is 9.87. The van der Waals surface area contributed by atoms with E-state index in [9.17, 15) is 0 Å². The standard InChI is InChI=1S/C14H21N/c1-12-5-7-13-4-3-10-15(2)11-9-14(13)8-6-12/h5-8,12H,3-4,9-11H2,1-2H3. The molecule has 0 fully saturated rings. The maximum atomic E-state index is 2.44. The first-order chi connectivity index (χ1) is 7.25. The van der Waals surface area contributed by atoms with E-state index in [0.717, 1.165) is 0 Å². The van der Waals surface area contributed by atoms with Gasteiger partial charge in [-0.2, -0.15) is 0 Å². The van der Waals surface area contributed by atoms with E-state index in [1.165, 1.54) is 32.4 Å². The van der Waals surface area contributed by atoms with Gasteiger partial charge in [0.05, 0.1) is 0 Å². The van der Waals surface area contributed by atoms with Gasteiger partial charge < -0.3 is 4.90 Å². The van der Waals surface area contributed by atoms with Gasteiger partial charge in [0.25, 0.3) is 0 Å². The van der Waals surface area contributed by atoms with Crippen LogP contribution in [0.15, 0.2) is 35.5 Å². The Morgan fingerprint density at radius 1 is 1.07 bits per heavy atom. The summed E-state index contributed by atoms with van der Waals surface area (Å²) in [6.45, 7) is 4.69. The fourth-order valence-electron chi connectivity index (χ4n) is 2.26. The lowest BCUT2D eigenvalue weighted by Crippen LogP contribution is -2.23. The van der Waals surface area contributed by atoms with Gasteiger partial charge in [0.2, 0.25) is 0 Å². The molecule has 1 aliphatic heterocycles. The highest BCUT2D eigenvalue weighted by atomic mass is 15.1. The van der Waals surface area contributed by atoms with E-state index in [2.05, 4.69) is 43.2 Å². The molecule has 1 unspecified atom stereocenters. The van der Waals surface area contributed by atoms with Crippen LogP contribution in [0.25, 0.3) is 0 Å². The molecule has 2 rings (SSSR count). The van der Waals surface area contributed by atoms with Crippen molar-refractivity contribution in [2.75, 3.05) is 20.1 Å². The fourth-order valence-corrected chi connectivity index (χ4v) is 2.26. The topological polar surface area (TPSA) is 3.24 Å². The average Bonchev–Trinajstić information content (AvgIpc) is 2.36. The number of rotatable bonds is 0. The Hall–Kier alpha value is -0.820. The summed E-state index contributed by atoms with van der Waals surface area (Å²) in [4.78, 5) is 2.44. The first-order valence-corrected chi connectivity index (χ1v) is 6.02. The lowest BCUT2D eigenvalue weighted by molar-refractivity contribution is 0.329. The van der Waals surface area contributed by atoms with E-state index in [4.69, 9.17) is 0 Å². The molecule has 82 valence electrons. The average molecular weight is 203 g/mol. The van der Waals surface area contributed by atoms with Gasteiger partial charge in [-0.1, -0.05) is 31.2 Å². The number of allylic oxidation sites excluding steroid dienone is 5. The van der Waals surface area contributed by atoms with Crippen molar-refractivity contribution in [2.24, 2.45) is 5.92 Å². The van der Waals surface area contributed by atoms with Crippen molar-refractivity contribution < 1.29 is 0 Å². The number of nitrogens with zero attached hydrogens (tertiary/aromatic N) is 1. The van der Waals surface area contributed by atoms with Gasteiger partial charge in [0.1, 0.15) is 0 Å². The van der Waals surface area contributed by atoms with Crippen LogP contribution in [0.3, 0.4) is 0 Å². The molecule has 1 heterocycles. The summed E-state index contributed by atoms with van der Waals surface area (Å²) in [7, 11) is 2.23. The Bertz CT molecular complexity index is 309. The molecule has 0 amide bonds. The first kappa shape index (κ1) is 10.7. The highest BCUT2D eigenvalue weighted by Crippen LogP contribution is 2.24. The van der Waals surface area contributed by atoms with E-state index in [0.29, 0.717) is 5.92 Å². The molecular formula is C14H21N. The molecule has 15 heavy (non-hydrogen) atoms. The minimum absolute atomic E-state index is 0.594. The summed E-state index contributed by atoms with van der Waals surface area (Å²) in [5.74, 6) is 0.594. The molecule has 0 saturated carbocycles. The van der Waals surface area contributed by atoms with E-state index in [1.807, 2.05) is 0 Å². The van der Waals surface area contributed by atoms with Crippen molar-refractivity contribution in [3.63, 3.8) is 0 Å². The quantitative estimate of drug-likeness (QED) is 0.584. The molecule has 0 aromatic rings. The van der Waals surface area contributed by atoms with Crippen LogP contribution in [0.2, 0.25) is 0 Å². The highest BCUT2D eigenvalue weighted by Gasteiger charge is 2.11. The van der Waals surface area contributed by atoms with Crippen molar-refractivity contribution in [1.29, 1.82) is 0 Å². The van der Waals surface area contributed by atoms with Crippen molar-refractivity contribution in [2.45, 2.75) is 26.2 Å². The number of hydrogen-bond acceptors (Lipinski definition) is 1. The Morgan fingerprint density at radius 2 is 1.73 bits per heavy atom. The zero-order chi connectivity index (χ0) is 10.7. The first-order valence-electron chi connectivity index (χ1n) is 6.02. The Kier molecular flexibility index (Phi) is 3.42. The molecule has 0 N–H and O–H groups in total. The zero-order valence-corrected chi connectivity index (χ0v) is 9.87. The molecule has 0 spiro atoms. The Labute approximate surface area is 93.2 Å². The van der Waals surface area contributed by atoms with E-state index in [-0.39, 0.29) is 0 Å². The van der Waals surface area contributed by atoms with Crippen molar-refractivity contribution in [3.05, 3.63) is 35.5 Å². The van der Waals surface area contributed by atoms with Crippen LogP contribution in [0.4, 0.5) is 0 Å². The Morgan fingerprint density at radius 3 is 2.47 bits per heavy atom. The minimum Gasteiger partial charge on any atom is -0.306 e. The van der Waals surface area contributed by atoms with Crippen LogP contribution in [-0.2, 0) is 0 Å². The summed E-state index contributed by atoms with van der Waals surface area (Å²) in [6.07, 6.45) is 13.1. The van der Waals surface area contributed by atoms with Gasteiger partial charge in [-0.05, 0) is 49.9 Å². The smallest absolute Gasteiger partial charge is 0.00189 e. The molecular weight excluding hydrogens is 182 g/mol. The molecule has 0 aromatic carbocycles. The van der Waals surface area contributed by atoms with Crippen LogP contribution in [-0.4, -0.2) is 25.0 Å². The highest BCUT2D eigenvalue weighted by molar-refractivity contribution is 5.37. The fraction of sp³-hybridized carbons (Fsp3) is 0.571. The molecule has 0 saturated heterocycles. The summed E-state index contributed by atoms with van der Waals surface area (Å²) in [6, 6.07) is 0. The van der Waals surface area contributed by atoms with E-state index >= 15 is 0 Å². The monoisotopic (exact) mass is 203 g/mol. The summed E-state index contributed by atoms with van der Waals surface area (Å²) in [5, 5.41) is 0. The van der Waals surface area contributed by atoms with Gasteiger partial charge >= 0.3 is 0 Å². The van der Waals surface area contributed by atoms with Gasteiger partial charge in [0, 0.05) is 6.54 Å². The summed E-state index contributed by atoms with van der Waals surface area (Å²) in [5.41, 5.74) is 3.13. The van der Waals surface area contributed by atoms with E-state index < -0.39 is 0 Å². The number of hydrogen-bond donors (Lipinski definition) is 0. The van der Waals surface area contributed by atoms with Gasteiger partial charge in [-0.3, -0.25) is 0 Å². The third-order valence-electron chi connectivity index (χ3n) is 3.36. The predicted molar refractivity (Wildman–Crippen MR) is 65.8 cm³/mol. The normalized spacial score (nSPS) is 28.3. The van der Waals surface area contributed by atoms with Gasteiger partial charge in [-0.25, -0.2) is 0 Å². The summed E-state index contributed by atoms with van der Waals surface area (Å²) < 4.78 is 0. The maximum Gasteiger partial charge on any atom is 0.00189 e. The molecule has 1 heteroatoms. The molecule has 0 bridgehead atoms. The molecule has 1 aliphatic carbocycles. The van der Waals surface area contributed by atoms with Crippen molar-refractivity contribution in [1.82, 2.24) is 4.90 Å². The molecule has 1 atom stereocenters. The van der Waals surface area contributed by atoms with Crippen LogP contribution in [0, 0.1) is 5.92 Å². The van der Waals surface area contributed by atoms with Crippen LogP contribution in [0.5, 0.6) is 0 Å². The second-order valence-electron chi connectivity index (χ2n) is 4.78. The third-order valence-corrected chi connectivity index (χ3v) is 3.36. The van der Waals surface area contributed by atoms with Crippen LogP contribution < -0.4 is 0 Å². The summed E-state index contributed by atoms with van der Waals surface area (Å²) >= 11 is 0. The van der Waals surface area contributed by atoms with Crippen molar-refractivity contribution in [3.8, 4) is 0 Å². The maximum absolute atomic E-state index is 2.44. The molecule has 0 radical (unpaired) electrons. The van der Waals surface area contributed by atoms with Crippen LogP contribution in [0.1, 0.15) is 26.2 Å². The molecule has 0 aromatic heterocycles. The van der Waals surface area contributed by atoms with Crippen molar-refractivity contribution >= 4 is 0 Å². The Balaban J connectivity index is 2.19. The second-order valence-corrected chi connectivity index (χ2v) is 4.78.